The number of aliphatic hydroxyl groups is 1. The highest BCUT2D eigenvalue weighted by molar-refractivity contribution is 7.89. The quantitative estimate of drug-likeness (QED) is 0.816. The number of nitrogens with zero attached hydrogens (tertiary/aromatic N) is 1. The lowest BCUT2D eigenvalue weighted by Crippen LogP contribution is -2.37. The Morgan fingerprint density at radius 3 is 2.83 bits per heavy atom. The second kappa shape index (κ2) is 5.05. The highest BCUT2D eigenvalue weighted by Crippen LogP contribution is 2.30. The fourth-order valence-electron chi connectivity index (χ4n) is 2.16. The van der Waals surface area contributed by atoms with Crippen molar-refractivity contribution in [2.75, 3.05) is 18.9 Å². The third-order valence-electron chi connectivity index (χ3n) is 3.08. The van der Waals surface area contributed by atoms with Gasteiger partial charge in [0.15, 0.2) is 0 Å². The van der Waals surface area contributed by atoms with Crippen LogP contribution in [0.15, 0.2) is 23.1 Å². The molecule has 1 atom stereocenters. The smallest absolute Gasteiger partial charge is 0.244 e. The monoisotopic (exact) mass is 290 g/mol. The SMILES string of the molecule is Nc1ccc(S(=O)(=O)N2CCC[C@H]2CO)c(Cl)c1. The molecule has 0 unspecified atom stereocenters. The van der Waals surface area contributed by atoms with Gasteiger partial charge in [0.2, 0.25) is 10.0 Å². The van der Waals surface area contributed by atoms with Gasteiger partial charge < -0.3 is 10.8 Å². The molecule has 0 amide bonds. The molecule has 1 fully saturated rings. The number of halogens is 1. The van der Waals surface area contributed by atoms with Crippen LogP contribution >= 0.6 is 11.6 Å². The second-order valence-electron chi connectivity index (χ2n) is 4.28. The maximum atomic E-state index is 12.4. The fraction of sp³-hybridized carbons (Fsp3) is 0.455. The summed E-state index contributed by atoms with van der Waals surface area (Å²) >= 11 is 5.94. The minimum atomic E-state index is -3.66. The van der Waals surface area contributed by atoms with Gasteiger partial charge in [0.05, 0.1) is 11.6 Å². The van der Waals surface area contributed by atoms with Gasteiger partial charge in [-0.25, -0.2) is 8.42 Å². The van der Waals surface area contributed by atoms with E-state index in [1.807, 2.05) is 0 Å². The van der Waals surface area contributed by atoms with E-state index < -0.39 is 10.0 Å². The van der Waals surface area contributed by atoms with Gasteiger partial charge in [0, 0.05) is 18.3 Å². The molecule has 1 aromatic carbocycles. The van der Waals surface area contributed by atoms with Crippen LogP contribution in [0.5, 0.6) is 0 Å². The Morgan fingerprint density at radius 1 is 1.50 bits per heavy atom. The first kappa shape index (κ1) is 13.6. The first-order valence-corrected chi connectivity index (χ1v) is 7.46. The zero-order valence-electron chi connectivity index (χ0n) is 9.71. The molecule has 0 radical (unpaired) electrons. The van der Waals surface area contributed by atoms with Gasteiger partial charge in [-0.15, -0.1) is 0 Å². The maximum absolute atomic E-state index is 12.4. The Kier molecular flexibility index (Phi) is 3.82. The summed E-state index contributed by atoms with van der Waals surface area (Å²) < 4.78 is 26.2. The summed E-state index contributed by atoms with van der Waals surface area (Å²) in [5.74, 6) is 0. The van der Waals surface area contributed by atoms with E-state index in [9.17, 15) is 13.5 Å². The van der Waals surface area contributed by atoms with Crippen molar-refractivity contribution in [2.45, 2.75) is 23.8 Å². The first-order chi connectivity index (χ1) is 8.46. The zero-order chi connectivity index (χ0) is 13.3. The van der Waals surface area contributed by atoms with Crippen molar-refractivity contribution in [2.24, 2.45) is 0 Å². The Labute approximate surface area is 111 Å². The van der Waals surface area contributed by atoms with Crippen LogP contribution in [0.4, 0.5) is 5.69 Å². The number of nitrogen functional groups attached to an aromatic ring is 1. The number of aliphatic hydroxyl groups excluding tert-OH is 1. The lowest BCUT2D eigenvalue weighted by Gasteiger charge is -2.22. The molecule has 18 heavy (non-hydrogen) atoms. The van der Waals surface area contributed by atoms with Crippen molar-refractivity contribution >= 4 is 27.3 Å². The molecule has 0 spiro atoms. The summed E-state index contributed by atoms with van der Waals surface area (Å²) in [4.78, 5) is 0.0405. The van der Waals surface area contributed by atoms with E-state index in [-0.39, 0.29) is 22.6 Å². The Hall–Kier alpha value is -0.820. The molecule has 3 N–H and O–H groups in total. The minimum absolute atomic E-state index is 0.0405. The third-order valence-corrected chi connectivity index (χ3v) is 5.51. The summed E-state index contributed by atoms with van der Waals surface area (Å²) in [5.41, 5.74) is 5.96. The Morgan fingerprint density at radius 2 is 2.22 bits per heavy atom. The van der Waals surface area contributed by atoms with Crippen LogP contribution in [0.25, 0.3) is 0 Å². The van der Waals surface area contributed by atoms with Crippen LogP contribution in [-0.4, -0.2) is 37.0 Å². The van der Waals surface area contributed by atoms with Crippen LogP contribution < -0.4 is 5.73 Å². The van der Waals surface area contributed by atoms with Gasteiger partial charge in [-0.3, -0.25) is 0 Å². The number of nitrogens with two attached hydrogens (primary N) is 1. The Balaban J connectivity index is 2.42. The highest BCUT2D eigenvalue weighted by atomic mass is 35.5. The average molecular weight is 291 g/mol. The van der Waals surface area contributed by atoms with E-state index in [1.165, 1.54) is 22.5 Å². The highest BCUT2D eigenvalue weighted by Gasteiger charge is 2.35. The lowest BCUT2D eigenvalue weighted by molar-refractivity contribution is 0.213. The number of hydrogen-bond acceptors (Lipinski definition) is 4. The summed E-state index contributed by atoms with van der Waals surface area (Å²) in [6.45, 7) is 0.236. The van der Waals surface area contributed by atoms with Crippen molar-refractivity contribution in [3.8, 4) is 0 Å². The van der Waals surface area contributed by atoms with Crippen LogP contribution in [0, 0.1) is 0 Å². The number of sulfonamides is 1. The van der Waals surface area contributed by atoms with Crippen LogP contribution in [0.3, 0.4) is 0 Å². The van der Waals surface area contributed by atoms with Gasteiger partial charge >= 0.3 is 0 Å². The number of benzene rings is 1. The molecule has 0 bridgehead atoms. The van der Waals surface area contributed by atoms with Gasteiger partial charge in [-0.05, 0) is 31.0 Å². The van der Waals surface area contributed by atoms with Crippen LogP contribution in [0.1, 0.15) is 12.8 Å². The topological polar surface area (TPSA) is 83.6 Å². The van der Waals surface area contributed by atoms with Crippen molar-refractivity contribution < 1.29 is 13.5 Å². The molecule has 1 heterocycles. The molecule has 0 aromatic heterocycles. The van der Waals surface area contributed by atoms with E-state index in [2.05, 4.69) is 0 Å². The zero-order valence-corrected chi connectivity index (χ0v) is 11.3. The number of anilines is 1. The van der Waals surface area contributed by atoms with E-state index in [1.54, 1.807) is 0 Å². The molecule has 1 aliphatic heterocycles. The van der Waals surface area contributed by atoms with Gasteiger partial charge in [0.1, 0.15) is 4.90 Å². The van der Waals surface area contributed by atoms with Gasteiger partial charge in [-0.2, -0.15) is 4.31 Å². The van der Waals surface area contributed by atoms with E-state index >= 15 is 0 Å². The first-order valence-electron chi connectivity index (χ1n) is 5.64. The van der Waals surface area contributed by atoms with Crippen LogP contribution in [-0.2, 0) is 10.0 Å². The summed E-state index contributed by atoms with van der Waals surface area (Å²) in [6, 6.07) is 3.96. The number of hydrogen-bond donors (Lipinski definition) is 2. The fourth-order valence-corrected chi connectivity index (χ4v) is 4.37. The molecule has 1 saturated heterocycles. The predicted molar refractivity (Wildman–Crippen MR) is 69.9 cm³/mol. The molecule has 100 valence electrons. The average Bonchev–Trinajstić information content (AvgIpc) is 2.76. The number of rotatable bonds is 3. The molecule has 0 aliphatic carbocycles. The van der Waals surface area contributed by atoms with Crippen molar-refractivity contribution in [1.29, 1.82) is 0 Å². The molecule has 1 aliphatic rings. The maximum Gasteiger partial charge on any atom is 0.244 e. The molecule has 1 aromatic rings. The van der Waals surface area contributed by atoms with E-state index in [0.717, 1.165) is 6.42 Å². The van der Waals surface area contributed by atoms with Crippen molar-refractivity contribution in [3.05, 3.63) is 23.2 Å². The predicted octanol–water partition coefficient (Wildman–Crippen LogP) is 1.07. The van der Waals surface area contributed by atoms with E-state index in [4.69, 9.17) is 17.3 Å². The largest absolute Gasteiger partial charge is 0.399 e. The van der Waals surface area contributed by atoms with Crippen molar-refractivity contribution in [1.82, 2.24) is 4.31 Å². The molecule has 5 nitrogen and oxygen atoms in total. The molecular formula is C11H15ClN2O3S. The summed E-state index contributed by atoms with van der Waals surface area (Å²) in [5, 5.41) is 9.31. The normalized spacial score (nSPS) is 21.3. The van der Waals surface area contributed by atoms with E-state index in [0.29, 0.717) is 18.7 Å². The lowest BCUT2D eigenvalue weighted by atomic mass is 10.2. The molecular weight excluding hydrogens is 276 g/mol. The second-order valence-corrected chi connectivity index (χ2v) is 6.55. The van der Waals surface area contributed by atoms with Crippen molar-refractivity contribution in [3.63, 3.8) is 0 Å². The standard InChI is InChI=1S/C11H15ClN2O3S/c12-10-6-8(13)3-4-11(10)18(16,17)14-5-1-2-9(14)7-15/h3-4,6,9,15H,1-2,5,7,13H2/t9-/m0/s1. The van der Waals surface area contributed by atoms with Gasteiger partial charge in [-0.1, -0.05) is 11.6 Å². The molecule has 2 rings (SSSR count). The molecule has 0 saturated carbocycles. The van der Waals surface area contributed by atoms with Crippen LogP contribution in [0.2, 0.25) is 5.02 Å². The third kappa shape index (κ3) is 2.33. The summed E-state index contributed by atoms with van der Waals surface area (Å²) in [6.07, 6.45) is 1.42. The summed E-state index contributed by atoms with van der Waals surface area (Å²) in [7, 11) is -3.66. The minimum Gasteiger partial charge on any atom is -0.399 e. The molecule has 7 heteroatoms. The van der Waals surface area contributed by atoms with Gasteiger partial charge in [0.25, 0.3) is 0 Å². The Bertz CT molecular complexity index is 547.